The number of nitrogens with zero attached hydrogens (tertiary/aromatic N) is 1. The number of hydrogen-bond acceptors (Lipinski definition) is 4. The number of nitrogens with one attached hydrogen (secondary N) is 1. The van der Waals surface area contributed by atoms with Crippen LogP contribution in [0.15, 0.2) is 59.0 Å². The lowest BCUT2D eigenvalue weighted by atomic mass is 9.93. The molecule has 160 valence electrons. The van der Waals surface area contributed by atoms with Crippen molar-refractivity contribution in [3.05, 3.63) is 65.9 Å². The fourth-order valence-corrected chi connectivity index (χ4v) is 3.10. The Bertz CT molecular complexity index is 979. The van der Waals surface area contributed by atoms with Crippen LogP contribution in [0.3, 0.4) is 0 Å². The molecule has 0 atom stereocenters. The third-order valence-corrected chi connectivity index (χ3v) is 4.86. The molecular formula is C23H28ClN3O3. The second-order valence-corrected chi connectivity index (χ2v) is 8.09. The third-order valence-electron chi connectivity index (χ3n) is 4.86. The van der Waals surface area contributed by atoms with E-state index in [4.69, 9.17) is 10.2 Å². The van der Waals surface area contributed by atoms with Crippen molar-refractivity contribution in [2.75, 3.05) is 25.5 Å². The number of furan rings is 1. The van der Waals surface area contributed by atoms with Crippen LogP contribution in [0.5, 0.6) is 0 Å². The van der Waals surface area contributed by atoms with Crippen molar-refractivity contribution in [3.8, 4) is 0 Å². The molecule has 6 nitrogen and oxygen atoms in total. The number of carbonyl (C=O) groups excluding carboxylic acids is 2. The van der Waals surface area contributed by atoms with Crippen LogP contribution in [0.1, 0.15) is 30.0 Å². The van der Waals surface area contributed by atoms with Gasteiger partial charge in [0, 0.05) is 24.7 Å². The molecule has 2 aromatic carbocycles. The number of nitrogens with two attached hydrogens (primary N) is 1. The van der Waals surface area contributed by atoms with E-state index in [1.54, 1.807) is 30.1 Å². The van der Waals surface area contributed by atoms with Crippen molar-refractivity contribution < 1.29 is 14.0 Å². The lowest BCUT2D eigenvalue weighted by Gasteiger charge is -2.29. The van der Waals surface area contributed by atoms with Gasteiger partial charge in [0.2, 0.25) is 5.91 Å². The van der Waals surface area contributed by atoms with Gasteiger partial charge in [-0.3, -0.25) is 9.59 Å². The minimum absolute atomic E-state index is 0. The highest BCUT2D eigenvalue weighted by Gasteiger charge is 2.21. The van der Waals surface area contributed by atoms with Crippen LogP contribution in [0.25, 0.3) is 11.0 Å². The van der Waals surface area contributed by atoms with E-state index in [2.05, 4.69) is 5.32 Å². The molecule has 30 heavy (non-hydrogen) atoms. The summed E-state index contributed by atoms with van der Waals surface area (Å²) >= 11 is 0. The molecule has 0 saturated heterocycles. The SMILES string of the molecule is CN(CC(C)(C)CN)C(=O)Cc1ccc(NC(=O)c2cc3ccccc3o2)cc1.Cl. The molecule has 3 rings (SSSR count). The van der Waals surface area contributed by atoms with Gasteiger partial charge >= 0.3 is 0 Å². The summed E-state index contributed by atoms with van der Waals surface area (Å²) < 4.78 is 5.58. The standard InChI is InChI=1S/C23H27N3O3.ClH/c1-23(2,14-24)15-26(3)21(27)12-16-8-10-18(11-9-16)25-22(28)20-13-17-6-4-5-7-19(17)29-20;/h4-11,13H,12,14-15,24H2,1-3H3,(H,25,28);1H. The van der Waals surface area contributed by atoms with E-state index in [9.17, 15) is 9.59 Å². The molecule has 0 fully saturated rings. The molecule has 2 amide bonds. The molecule has 0 aliphatic heterocycles. The van der Waals surface area contributed by atoms with E-state index >= 15 is 0 Å². The molecule has 0 saturated carbocycles. The van der Waals surface area contributed by atoms with Crippen LogP contribution in [0.2, 0.25) is 0 Å². The zero-order chi connectivity index (χ0) is 21.0. The molecule has 3 aromatic rings. The van der Waals surface area contributed by atoms with Crippen LogP contribution in [0, 0.1) is 5.41 Å². The number of rotatable bonds is 7. The van der Waals surface area contributed by atoms with E-state index in [-0.39, 0.29) is 35.4 Å². The fraction of sp³-hybridized carbons (Fsp3) is 0.304. The maximum atomic E-state index is 12.4. The van der Waals surface area contributed by atoms with Crippen molar-refractivity contribution in [2.24, 2.45) is 11.1 Å². The lowest BCUT2D eigenvalue weighted by Crippen LogP contribution is -2.40. The molecule has 0 spiro atoms. The van der Waals surface area contributed by atoms with E-state index in [0.29, 0.717) is 30.8 Å². The first-order valence-corrected chi connectivity index (χ1v) is 9.60. The number of anilines is 1. The number of benzene rings is 2. The van der Waals surface area contributed by atoms with Crippen LogP contribution in [-0.4, -0.2) is 36.9 Å². The minimum Gasteiger partial charge on any atom is -0.451 e. The summed E-state index contributed by atoms with van der Waals surface area (Å²) in [6.45, 7) is 5.20. The Morgan fingerprint density at radius 3 is 2.40 bits per heavy atom. The number of para-hydroxylation sites is 1. The van der Waals surface area contributed by atoms with Gasteiger partial charge in [0.1, 0.15) is 5.58 Å². The molecule has 1 aromatic heterocycles. The molecule has 1 heterocycles. The van der Waals surface area contributed by atoms with E-state index in [1.807, 2.05) is 50.2 Å². The first kappa shape index (κ1) is 23.4. The van der Waals surface area contributed by atoms with Gasteiger partial charge in [-0.1, -0.05) is 44.2 Å². The molecule has 7 heteroatoms. The van der Waals surface area contributed by atoms with Crippen LogP contribution < -0.4 is 11.1 Å². The monoisotopic (exact) mass is 429 g/mol. The van der Waals surface area contributed by atoms with Crippen LogP contribution in [-0.2, 0) is 11.2 Å². The predicted molar refractivity (Wildman–Crippen MR) is 122 cm³/mol. The summed E-state index contributed by atoms with van der Waals surface area (Å²) in [4.78, 5) is 26.6. The average Bonchev–Trinajstić information content (AvgIpc) is 3.13. The number of fused-ring (bicyclic) bond motifs is 1. The number of hydrogen-bond donors (Lipinski definition) is 2. The van der Waals surface area contributed by atoms with Crippen molar-refractivity contribution >= 4 is 40.9 Å². The number of carbonyl (C=O) groups is 2. The number of likely N-dealkylation sites (N-methyl/N-ethyl adjacent to an activating group) is 1. The Kier molecular flexibility index (Phi) is 7.65. The Hall–Kier alpha value is -2.83. The Morgan fingerprint density at radius 2 is 1.77 bits per heavy atom. The molecule has 0 aliphatic rings. The van der Waals surface area contributed by atoms with E-state index < -0.39 is 0 Å². The quantitative estimate of drug-likeness (QED) is 0.592. The van der Waals surface area contributed by atoms with Gasteiger partial charge in [-0.2, -0.15) is 0 Å². The second kappa shape index (κ2) is 9.78. The topological polar surface area (TPSA) is 88.6 Å². The van der Waals surface area contributed by atoms with Crippen molar-refractivity contribution in [3.63, 3.8) is 0 Å². The average molecular weight is 430 g/mol. The van der Waals surface area contributed by atoms with Gasteiger partial charge in [-0.05, 0) is 41.8 Å². The van der Waals surface area contributed by atoms with Gasteiger partial charge in [0.25, 0.3) is 5.91 Å². The normalized spacial score (nSPS) is 11.1. The third kappa shape index (κ3) is 5.84. The minimum atomic E-state index is -0.311. The maximum Gasteiger partial charge on any atom is 0.291 e. The summed E-state index contributed by atoms with van der Waals surface area (Å²) in [6, 6.07) is 16.4. The highest BCUT2D eigenvalue weighted by Crippen LogP contribution is 2.20. The van der Waals surface area contributed by atoms with Crippen molar-refractivity contribution in [1.29, 1.82) is 0 Å². The van der Waals surface area contributed by atoms with Gasteiger partial charge in [0.15, 0.2) is 5.76 Å². The summed E-state index contributed by atoms with van der Waals surface area (Å²) in [6.07, 6.45) is 0.301. The highest BCUT2D eigenvalue weighted by atomic mass is 35.5. The predicted octanol–water partition coefficient (Wildman–Crippen LogP) is 4.09. The van der Waals surface area contributed by atoms with Crippen LogP contribution in [0.4, 0.5) is 5.69 Å². The summed E-state index contributed by atoms with van der Waals surface area (Å²) in [5.74, 6) is -0.0195. The van der Waals surface area contributed by atoms with Crippen molar-refractivity contribution in [2.45, 2.75) is 20.3 Å². The van der Waals surface area contributed by atoms with Crippen molar-refractivity contribution in [1.82, 2.24) is 4.90 Å². The molecule has 0 unspecified atom stereocenters. The summed E-state index contributed by atoms with van der Waals surface area (Å²) in [7, 11) is 1.79. The number of halogens is 1. The number of amides is 2. The summed E-state index contributed by atoms with van der Waals surface area (Å²) in [5.41, 5.74) is 7.83. The zero-order valence-electron chi connectivity index (χ0n) is 17.5. The van der Waals surface area contributed by atoms with E-state index in [1.165, 1.54) is 0 Å². The molecule has 0 bridgehead atoms. The van der Waals surface area contributed by atoms with Crippen LogP contribution >= 0.6 is 12.4 Å². The lowest BCUT2D eigenvalue weighted by molar-refractivity contribution is -0.130. The van der Waals surface area contributed by atoms with Gasteiger partial charge in [0.05, 0.1) is 6.42 Å². The second-order valence-electron chi connectivity index (χ2n) is 8.09. The van der Waals surface area contributed by atoms with E-state index in [0.717, 1.165) is 10.9 Å². The molecule has 0 aliphatic carbocycles. The first-order valence-electron chi connectivity index (χ1n) is 9.60. The smallest absolute Gasteiger partial charge is 0.291 e. The largest absolute Gasteiger partial charge is 0.451 e. The Labute approximate surface area is 182 Å². The first-order chi connectivity index (χ1) is 13.8. The zero-order valence-corrected chi connectivity index (χ0v) is 18.3. The Morgan fingerprint density at radius 1 is 1.10 bits per heavy atom. The molecule has 0 radical (unpaired) electrons. The fourth-order valence-electron chi connectivity index (χ4n) is 3.10. The molecule has 3 N–H and O–H groups in total. The maximum absolute atomic E-state index is 12.4. The molecular weight excluding hydrogens is 402 g/mol. The summed E-state index contributed by atoms with van der Waals surface area (Å²) in [5, 5.41) is 3.70. The van der Waals surface area contributed by atoms with Gasteiger partial charge in [-0.25, -0.2) is 0 Å². The van der Waals surface area contributed by atoms with Gasteiger partial charge < -0.3 is 20.4 Å². The highest BCUT2D eigenvalue weighted by molar-refractivity contribution is 6.04. The Balaban J connectivity index is 0.00000320. The van der Waals surface area contributed by atoms with Gasteiger partial charge in [-0.15, -0.1) is 12.4 Å².